The van der Waals surface area contributed by atoms with E-state index in [1.54, 1.807) is 14.2 Å². The second-order valence-electron chi connectivity index (χ2n) is 3.23. The van der Waals surface area contributed by atoms with Crippen molar-refractivity contribution in [2.75, 3.05) is 14.2 Å². The standard InChI is InChI=1S/C10H16ClN3O/c1-6-4-9(15-3)7(5-8(6)11)10(13-2)14-12/h4-5,10,13-14H,12H2,1-3H3. The van der Waals surface area contributed by atoms with E-state index >= 15 is 0 Å². The number of hydrogen-bond donors (Lipinski definition) is 3. The van der Waals surface area contributed by atoms with Crippen LogP contribution in [-0.4, -0.2) is 14.2 Å². The van der Waals surface area contributed by atoms with Crippen molar-refractivity contribution in [3.05, 3.63) is 28.3 Å². The van der Waals surface area contributed by atoms with E-state index in [4.69, 9.17) is 22.2 Å². The molecule has 0 radical (unpaired) electrons. The molecule has 0 amide bonds. The van der Waals surface area contributed by atoms with Crippen molar-refractivity contribution < 1.29 is 4.74 Å². The third-order valence-electron chi connectivity index (χ3n) is 2.28. The summed E-state index contributed by atoms with van der Waals surface area (Å²) >= 11 is 6.05. The average Bonchev–Trinajstić information content (AvgIpc) is 2.24. The highest BCUT2D eigenvalue weighted by molar-refractivity contribution is 6.31. The van der Waals surface area contributed by atoms with Gasteiger partial charge in [-0.1, -0.05) is 11.6 Å². The van der Waals surface area contributed by atoms with Crippen LogP contribution < -0.4 is 21.3 Å². The second kappa shape index (κ2) is 5.32. The number of nitrogens with one attached hydrogen (secondary N) is 2. The molecule has 0 heterocycles. The maximum Gasteiger partial charge on any atom is 0.125 e. The Morgan fingerprint density at radius 2 is 2.13 bits per heavy atom. The molecule has 1 atom stereocenters. The van der Waals surface area contributed by atoms with Gasteiger partial charge in [0.15, 0.2) is 0 Å². The summed E-state index contributed by atoms with van der Waals surface area (Å²) in [5.74, 6) is 6.17. The molecule has 84 valence electrons. The fourth-order valence-corrected chi connectivity index (χ4v) is 1.57. The number of ether oxygens (including phenoxy) is 1. The quantitative estimate of drug-likeness (QED) is 0.414. The van der Waals surface area contributed by atoms with E-state index in [2.05, 4.69) is 10.7 Å². The lowest BCUT2D eigenvalue weighted by Crippen LogP contribution is -2.36. The molecule has 0 saturated carbocycles. The van der Waals surface area contributed by atoms with E-state index < -0.39 is 0 Å². The van der Waals surface area contributed by atoms with Crippen molar-refractivity contribution in [2.24, 2.45) is 5.84 Å². The van der Waals surface area contributed by atoms with Gasteiger partial charge < -0.3 is 10.1 Å². The number of hydrogen-bond acceptors (Lipinski definition) is 4. The van der Waals surface area contributed by atoms with Crippen LogP contribution in [0.2, 0.25) is 5.02 Å². The predicted octanol–water partition coefficient (Wildman–Crippen LogP) is 1.34. The summed E-state index contributed by atoms with van der Waals surface area (Å²) in [6, 6.07) is 3.73. The van der Waals surface area contributed by atoms with Crippen LogP contribution in [0.1, 0.15) is 17.3 Å². The van der Waals surface area contributed by atoms with E-state index in [1.807, 2.05) is 19.1 Å². The van der Waals surface area contributed by atoms with Gasteiger partial charge in [0.1, 0.15) is 5.75 Å². The van der Waals surface area contributed by atoms with Gasteiger partial charge in [-0.05, 0) is 31.7 Å². The molecule has 0 spiro atoms. The van der Waals surface area contributed by atoms with E-state index in [1.165, 1.54) is 0 Å². The van der Waals surface area contributed by atoms with E-state index in [-0.39, 0.29) is 6.17 Å². The molecule has 4 N–H and O–H groups in total. The SMILES string of the molecule is CNC(NN)c1cc(Cl)c(C)cc1OC. The average molecular weight is 230 g/mol. The number of aryl methyl sites for hydroxylation is 1. The highest BCUT2D eigenvalue weighted by atomic mass is 35.5. The Balaban J connectivity index is 3.20. The van der Waals surface area contributed by atoms with Crippen LogP contribution in [0.4, 0.5) is 0 Å². The lowest BCUT2D eigenvalue weighted by Gasteiger charge is -2.19. The van der Waals surface area contributed by atoms with Crippen molar-refractivity contribution in [3.8, 4) is 5.75 Å². The fraction of sp³-hybridized carbons (Fsp3) is 0.400. The van der Waals surface area contributed by atoms with Crippen LogP contribution in [-0.2, 0) is 0 Å². The lowest BCUT2D eigenvalue weighted by molar-refractivity contribution is 0.391. The minimum Gasteiger partial charge on any atom is -0.496 e. The van der Waals surface area contributed by atoms with Gasteiger partial charge in [0, 0.05) is 10.6 Å². The zero-order valence-corrected chi connectivity index (χ0v) is 9.85. The molecule has 0 aromatic heterocycles. The van der Waals surface area contributed by atoms with Gasteiger partial charge in [-0.3, -0.25) is 5.84 Å². The minimum absolute atomic E-state index is 0.182. The summed E-state index contributed by atoms with van der Waals surface area (Å²) in [4.78, 5) is 0. The highest BCUT2D eigenvalue weighted by Gasteiger charge is 2.14. The van der Waals surface area contributed by atoms with Gasteiger partial charge in [0.2, 0.25) is 0 Å². The zero-order valence-electron chi connectivity index (χ0n) is 9.10. The molecule has 4 nitrogen and oxygen atoms in total. The number of halogens is 1. The Morgan fingerprint density at radius 3 is 2.60 bits per heavy atom. The number of methoxy groups -OCH3 is 1. The third-order valence-corrected chi connectivity index (χ3v) is 2.68. The molecular formula is C10H16ClN3O. The summed E-state index contributed by atoms with van der Waals surface area (Å²) in [7, 11) is 3.42. The minimum atomic E-state index is -0.182. The van der Waals surface area contributed by atoms with Crippen molar-refractivity contribution in [1.82, 2.24) is 10.7 Å². The zero-order chi connectivity index (χ0) is 11.4. The van der Waals surface area contributed by atoms with Gasteiger partial charge in [0.05, 0.1) is 13.3 Å². The topological polar surface area (TPSA) is 59.3 Å². The van der Waals surface area contributed by atoms with E-state index in [9.17, 15) is 0 Å². The summed E-state index contributed by atoms with van der Waals surface area (Å²) in [6.07, 6.45) is -0.182. The lowest BCUT2D eigenvalue weighted by atomic mass is 10.1. The largest absolute Gasteiger partial charge is 0.496 e. The summed E-state index contributed by atoms with van der Waals surface area (Å²) in [5.41, 5.74) is 4.50. The molecular weight excluding hydrogens is 214 g/mol. The first-order chi connectivity index (χ1) is 7.13. The molecule has 0 bridgehead atoms. The molecule has 0 fully saturated rings. The molecule has 0 saturated heterocycles. The molecule has 0 aliphatic rings. The summed E-state index contributed by atoms with van der Waals surface area (Å²) in [5, 5.41) is 3.71. The molecule has 1 unspecified atom stereocenters. The van der Waals surface area contributed by atoms with E-state index in [0.717, 1.165) is 16.9 Å². The molecule has 0 aliphatic carbocycles. The Morgan fingerprint density at radius 1 is 1.47 bits per heavy atom. The molecule has 1 aromatic rings. The molecule has 15 heavy (non-hydrogen) atoms. The number of nitrogens with two attached hydrogens (primary N) is 1. The Bertz CT molecular complexity index is 340. The maximum absolute atomic E-state index is 6.05. The van der Waals surface area contributed by atoms with Crippen LogP contribution in [0.5, 0.6) is 5.75 Å². The smallest absolute Gasteiger partial charge is 0.125 e. The number of rotatable bonds is 4. The molecule has 0 aliphatic heterocycles. The number of hydrazine groups is 1. The van der Waals surface area contributed by atoms with Crippen LogP contribution in [0, 0.1) is 6.92 Å². The van der Waals surface area contributed by atoms with Crippen molar-refractivity contribution in [1.29, 1.82) is 0 Å². The van der Waals surface area contributed by atoms with Crippen LogP contribution in [0.3, 0.4) is 0 Å². The second-order valence-corrected chi connectivity index (χ2v) is 3.64. The van der Waals surface area contributed by atoms with Crippen LogP contribution >= 0.6 is 11.6 Å². The van der Waals surface area contributed by atoms with Crippen molar-refractivity contribution in [2.45, 2.75) is 13.1 Å². The van der Waals surface area contributed by atoms with Gasteiger partial charge in [0.25, 0.3) is 0 Å². The Labute approximate surface area is 94.7 Å². The molecule has 1 aromatic carbocycles. The van der Waals surface area contributed by atoms with Gasteiger partial charge in [-0.15, -0.1) is 0 Å². The molecule has 5 heteroatoms. The van der Waals surface area contributed by atoms with Crippen LogP contribution in [0.15, 0.2) is 12.1 Å². The number of benzene rings is 1. The summed E-state index contributed by atoms with van der Waals surface area (Å²) < 4.78 is 5.27. The Hall–Kier alpha value is -0.810. The first-order valence-corrected chi connectivity index (χ1v) is 4.99. The Kier molecular flexibility index (Phi) is 4.35. The van der Waals surface area contributed by atoms with Crippen LogP contribution in [0.25, 0.3) is 0 Å². The third kappa shape index (κ3) is 2.60. The van der Waals surface area contributed by atoms with Crippen molar-refractivity contribution in [3.63, 3.8) is 0 Å². The monoisotopic (exact) mass is 229 g/mol. The molecule has 1 rings (SSSR count). The fourth-order valence-electron chi connectivity index (χ4n) is 1.40. The highest BCUT2D eigenvalue weighted by Crippen LogP contribution is 2.29. The van der Waals surface area contributed by atoms with Gasteiger partial charge in [-0.25, -0.2) is 5.43 Å². The predicted molar refractivity (Wildman–Crippen MR) is 61.9 cm³/mol. The maximum atomic E-state index is 6.05. The van der Waals surface area contributed by atoms with Gasteiger partial charge in [-0.2, -0.15) is 0 Å². The van der Waals surface area contributed by atoms with Gasteiger partial charge >= 0.3 is 0 Å². The first kappa shape index (κ1) is 12.3. The van der Waals surface area contributed by atoms with Crippen molar-refractivity contribution >= 4 is 11.6 Å². The normalized spacial score (nSPS) is 12.6. The van der Waals surface area contributed by atoms with E-state index in [0.29, 0.717) is 5.02 Å². The summed E-state index contributed by atoms with van der Waals surface area (Å²) in [6.45, 7) is 1.93. The first-order valence-electron chi connectivity index (χ1n) is 4.61.